The molecule has 0 spiro atoms. The normalized spacial score (nSPS) is 12.2. The van der Waals surface area contributed by atoms with Gasteiger partial charge < -0.3 is 5.32 Å². The molecule has 0 aliphatic carbocycles. The van der Waals surface area contributed by atoms with Crippen molar-refractivity contribution in [1.29, 1.82) is 0 Å². The standard InChI is InChI=1S/C11H13Cl2NO/c1-8(12)11(15)14-7-6-9-2-4-10(13)5-3-9/h2-5,8H,6-7H2,1H3,(H,14,15). The molecule has 1 N–H and O–H groups in total. The first-order chi connectivity index (χ1) is 7.09. The number of hydrogen-bond donors (Lipinski definition) is 1. The van der Waals surface area contributed by atoms with E-state index in [1.807, 2.05) is 24.3 Å². The Kier molecular flexibility index (Phi) is 4.92. The molecule has 0 aliphatic heterocycles. The third-order valence-corrected chi connectivity index (χ3v) is 2.44. The zero-order chi connectivity index (χ0) is 11.3. The van der Waals surface area contributed by atoms with Crippen molar-refractivity contribution in [1.82, 2.24) is 5.32 Å². The zero-order valence-corrected chi connectivity index (χ0v) is 9.98. The molecule has 1 rings (SSSR count). The van der Waals surface area contributed by atoms with Crippen LogP contribution in [0, 0.1) is 0 Å². The molecule has 0 fully saturated rings. The van der Waals surface area contributed by atoms with Crippen LogP contribution < -0.4 is 5.32 Å². The van der Waals surface area contributed by atoms with Crippen molar-refractivity contribution in [3.8, 4) is 0 Å². The maximum Gasteiger partial charge on any atom is 0.237 e. The Hall–Kier alpha value is -0.730. The molecule has 82 valence electrons. The van der Waals surface area contributed by atoms with Crippen molar-refractivity contribution in [3.05, 3.63) is 34.9 Å². The van der Waals surface area contributed by atoms with Crippen LogP contribution in [0.5, 0.6) is 0 Å². The van der Waals surface area contributed by atoms with Gasteiger partial charge in [0.25, 0.3) is 0 Å². The third kappa shape index (κ3) is 4.54. The maximum atomic E-state index is 11.1. The van der Waals surface area contributed by atoms with Gasteiger partial charge in [-0.3, -0.25) is 4.79 Å². The van der Waals surface area contributed by atoms with Crippen LogP contribution in [0.25, 0.3) is 0 Å². The fraction of sp³-hybridized carbons (Fsp3) is 0.364. The van der Waals surface area contributed by atoms with Crippen LogP contribution in [-0.4, -0.2) is 17.8 Å². The van der Waals surface area contributed by atoms with Gasteiger partial charge in [-0.2, -0.15) is 0 Å². The lowest BCUT2D eigenvalue weighted by atomic mass is 10.1. The van der Waals surface area contributed by atoms with Crippen LogP contribution in [0.1, 0.15) is 12.5 Å². The van der Waals surface area contributed by atoms with Gasteiger partial charge in [-0.25, -0.2) is 0 Å². The average molecular weight is 246 g/mol. The molecule has 4 heteroatoms. The minimum Gasteiger partial charge on any atom is -0.354 e. The molecule has 1 amide bonds. The van der Waals surface area contributed by atoms with E-state index < -0.39 is 5.38 Å². The summed E-state index contributed by atoms with van der Waals surface area (Å²) in [6.45, 7) is 2.25. The minimum atomic E-state index is -0.477. The molecule has 0 saturated carbocycles. The second-order valence-corrected chi connectivity index (χ2v) is 4.37. The average Bonchev–Trinajstić information content (AvgIpc) is 2.20. The molecule has 0 bridgehead atoms. The van der Waals surface area contributed by atoms with E-state index in [1.54, 1.807) is 6.92 Å². The van der Waals surface area contributed by atoms with E-state index in [1.165, 1.54) is 0 Å². The first-order valence-corrected chi connectivity index (χ1v) is 5.57. The van der Waals surface area contributed by atoms with Crippen LogP contribution >= 0.6 is 23.2 Å². The number of carbonyl (C=O) groups is 1. The van der Waals surface area contributed by atoms with Crippen molar-refractivity contribution in [3.63, 3.8) is 0 Å². The van der Waals surface area contributed by atoms with Crippen molar-refractivity contribution in [2.75, 3.05) is 6.54 Å². The van der Waals surface area contributed by atoms with E-state index in [4.69, 9.17) is 23.2 Å². The summed E-state index contributed by atoms with van der Waals surface area (Å²) in [5.41, 5.74) is 1.14. The zero-order valence-electron chi connectivity index (χ0n) is 8.47. The summed E-state index contributed by atoms with van der Waals surface area (Å²) >= 11 is 11.4. The molecular weight excluding hydrogens is 233 g/mol. The Morgan fingerprint density at radius 3 is 2.53 bits per heavy atom. The lowest BCUT2D eigenvalue weighted by Crippen LogP contribution is -2.31. The van der Waals surface area contributed by atoms with Crippen LogP contribution in [0.15, 0.2) is 24.3 Å². The molecule has 0 aromatic heterocycles. The van der Waals surface area contributed by atoms with E-state index in [0.29, 0.717) is 6.54 Å². The Bertz CT molecular complexity index is 322. The predicted octanol–water partition coefficient (Wildman–Crippen LogP) is 2.63. The van der Waals surface area contributed by atoms with Crippen molar-refractivity contribution in [2.24, 2.45) is 0 Å². The Labute approximate surface area is 99.6 Å². The fourth-order valence-corrected chi connectivity index (χ4v) is 1.32. The van der Waals surface area contributed by atoms with Gasteiger partial charge in [0, 0.05) is 11.6 Å². The summed E-state index contributed by atoms with van der Waals surface area (Å²) in [4.78, 5) is 11.1. The Morgan fingerprint density at radius 1 is 1.40 bits per heavy atom. The molecule has 1 aromatic rings. The van der Waals surface area contributed by atoms with Crippen LogP contribution in [0.4, 0.5) is 0 Å². The van der Waals surface area contributed by atoms with Crippen molar-refractivity contribution >= 4 is 29.1 Å². The molecule has 0 heterocycles. The maximum absolute atomic E-state index is 11.1. The topological polar surface area (TPSA) is 29.1 Å². The molecule has 1 unspecified atom stereocenters. The predicted molar refractivity (Wildman–Crippen MR) is 63.5 cm³/mol. The summed E-state index contributed by atoms with van der Waals surface area (Å²) in [5, 5.41) is 2.98. The first-order valence-electron chi connectivity index (χ1n) is 4.76. The number of hydrogen-bond acceptors (Lipinski definition) is 1. The van der Waals surface area contributed by atoms with Gasteiger partial charge in [-0.1, -0.05) is 23.7 Å². The summed E-state index contributed by atoms with van der Waals surface area (Å²) < 4.78 is 0. The molecule has 1 aromatic carbocycles. The molecule has 2 nitrogen and oxygen atoms in total. The van der Waals surface area contributed by atoms with E-state index >= 15 is 0 Å². The SMILES string of the molecule is CC(Cl)C(=O)NCCc1ccc(Cl)cc1. The minimum absolute atomic E-state index is 0.134. The highest BCUT2D eigenvalue weighted by atomic mass is 35.5. The number of nitrogens with one attached hydrogen (secondary N) is 1. The number of amides is 1. The lowest BCUT2D eigenvalue weighted by molar-refractivity contribution is -0.120. The van der Waals surface area contributed by atoms with E-state index in [-0.39, 0.29) is 5.91 Å². The largest absolute Gasteiger partial charge is 0.354 e. The summed E-state index contributed by atoms with van der Waals surface area (Å²) in [6.07, 6.45) is 0.784. The molecular formula is C11H13Cl2NO. The molecule has 1 atom stereocenters. The number of alkyl halides is 1. The number of carbonyl (C=O) groups excluding carboxylic acids is 1. The summed E-state index contributed by atoms with van der Waals surface area (Å²) in [7, 11) is 0. The summed E-state index contributed by atoms with van der Waals surface area (Å²) in [5.74, 6) is -0.134. The monoisotopic (exact) mass is 245 g/mol. The first kappa shape index (κ1) is 12.3. The van der Waals surface area contributed by atoms with Gasteiger partial charge in [0.1, 0.15) is 5.38 Å². The lowest BCUT2D eigenvalue weighted by Gasteiger charge is -2.06. The fourth-order valence-electron chi connectivity index (χ4n) is 1.12. The highest BCUT2D eigenvalue weighted by Crippen LogP contribution is 2.09. The molecule has 0 aliphatic rings. The van der Waals surface area contributed by atoms with E-state index in [9.17, 15) is 4.79 Å². The second-order valence-electron chi connectivity index (χ2n) is 3.28. The number of benzene rings is 1. The van der Waals surface area contributed by atoms with Gasteiger partial charge in [-0.15, -0.1) is 11.6 Å². The highest BCUT2D eigenvalue weighted by Gasteiger charge is 2.07. The van der Waals surface area contributed by atoms with Gasteiger partial charge in [0.2, 0.25) is 5.91 Å². The Balaban J connectivity index is 2.32. The quantitative estimate of drug-likeness (QED) is 0.813. The van der Waals surface area contributed by atoms with Crippen LogP contribution in [-0.2, 0) is 11.2 Å². The number of halogens is 2. The van der Waals surface area contributed by atoms with Gasteiger partial charge in [0.05, 0.1) is 0 Å². The van der Waals surface area contributed by atoms with E-state index in [0.717, 1.165) is 17.0 Å². The second kappa shape index (κ2) is 5.99. The van der Waals surface area contributed by atoms with Crippen LogP contribution in [0.3, 0.4) is 0 Å². The van der Waals surface area contributed by atoms with Crippen molar-refractivity contribution < 1.29 is 4.79 Å². The molecule has 0 radical (unpaired) electrons. The van der Waals surface area contributed by atoms with Crippen molar-refractivity contribution in [2.45, 2.75) is 18.7 Å². The highest BCUT2D eigenvalue weighted by molar-refractivity contribution is 6.30. The van der Waals surface area contributed by atoms with Crippen LogP contribution in [0.2, 0.25) is 5.02 Å². The molecule has 0 saturated heterocycles. The van der Waals surface area contributed by atoms with Gasteiger partial charge in [-0.05, 0) is 31.0 Å². The Morgan fingerprint density at radius 2 is 2.00 bits per heavy atom. The smallest absolute Gasteiger partial charge is 0.237 e. The summed E-state index contributed by atoms with van der Waals surface area (Å²) in [6, 6.07) is 7.56. The van der Waals surface area contributed by atoms with Gasteiger partial charge >= 0.3 is 0 Å². The molecule has 15 heavy (non-hydrogen) atoms. The van der Waals surface area contributed by atoms with E-state index in [2.05, 4.69) is 5.32 Å². The number of rotatable bonds is 4. The third-order valence-electron chi connectivity index (χ3n) is 1.99. The van der Waals surface area contributed by atoms with Gasteiger partial charge in [0.15, 0.2) is 0 Å².